The number of hydrogen-bond donors (Lipinski definition) is 0. The zero-order valence-corrected chi connectivity index (χ0v) is 15.4. The first kappa shape index (κ1) is 19.6. The second-order valence-corrected chi connectivity index (χ2v) is 5.89. The summed E-state index contributed by atoms with van der Waals surface area (Å²) in [4.78, 5) is 14.7. The van der Waals surface area contributed by atoms with Crippen LogP contribution in [0.5, 0.6) is 5.75 Å². The van der Waals surface area contributed by atoms with Gasteiger partial charge in [0.2, 0.25) is 0 Å². The van der Waals surface area contributed by atoms with Crippen LogP contribution in [0.4, 0.5) is 0 Å². The van der Waals surface area contributed by atoms with Crippen LogP contribution in [-0.2, 0) is 11.3 Å². The summed E-state index contributed by atoms with van der Waals surface area (Å²) in [5, 5.41) is 0. The van der Waals surface area contributed by atoms with Crippen molar-refractivity contribution in [3.8, 4) is 18.1 Å². The molecule has 2 aromatic rings. The van der Waals surface area contributed by atoms with Crippen LogP contribution >= 0.6 is 0 Å². The Morgan fingerprint density at radius 2 is 1.85 bits per heavy atom. The molecular weight excluding hydrogens is 326 g/mol. The average Bonchev–Trinajstić information content (AvgIpc) is 2.66. The monoisotopic (exact) mass is 351 g/mol. The Hall–Kier alpha value is -2.77. The van der Waals surface area contributed by atoms with Gasteiger partial charge in [-0.15, -0.1) is 6.42 Å². The van der Waals surface area contributed by atoms with E-state index in [0.29, 0.717) is 37.7 Å². The highest BCUT2D eigenvalue weighted by atomic mass is 16.5. The second kappa shape index (κ2) is 10.3. The van der Waals surface area contributed by atoms with Crippen molar-refractivity contribution in [1.29, 1.82) is 0 Å². The molecule has 0 aliphatic rings. The minimum Gasteiger partial charge on any atom is -0.490 e. The maximum absolute atomic E-state index is 13.0. The molecule has 0 aromatic heterocycles. The van der Waals surface area contributed by atoms with Crippen LogP contribution in [0.2, 0.25) is 0 Å². The maximum atomic E-state index is 13.0. The number of carbonyl (C=O) groups excluding carboxylic acids is 1. The molecule has 4 nitrogen and oxygen atoms in total. The highest BCUT2D eigenvalue weighted by Crippen LogP contribution is 2.21. The third-order valence-corrected chi connectivity index (χ3v) is 3.87. The van der Waals surface area contributed by atoms with Crippen LogP contribution in [0.25, 0.3) is 0 Å². The fourth-order valence-corrected chi connectivity index (χ4v) is 2.52. The van der Waals surface area contributed by atoms with Crippen molar-refractivity contribution in [3.63, 3.8) is 0 Å². The Labute approximate surface area is 155 Å². The van der Waals surface area contributed by atoms with Gasteiger partial charge in [0.25, 0.3) is 5.91 Å². The molecule has 0 N–H and O–H groups in total. The van der Waals surface area contributed by atoms with Gasteiger partial charge >= 0.3 is 0 Å². The van der Waals surface area contributed by atoms with Crippen molar-refractivity contribution >= 4 is 5.91 Å². The molecule has 0 fully saturated rings. The third-order valence-electron chi connectivity index (χ3n) is 3.87. The standard InChI is InChI=1S/C22H25NO3/c1-4-14-23(17-19-12-10-18(3)11-13-19)22(24)20-8-6-7-9-21(20)26-16-15-25-5-2/h1,6-13H,5,14-17H2,2-3H3. The molecule has 0 heterocycles. The first-order chi connectivity index (χ1) is 12.7. The van der Waals surface area contributed by atoms with E-state index in [1.807, 2.05) is 50.2 Å². The minimum atomic E-state index is -0.143. The molecule has 0 saturated heterocycles. The molecule has 4 heteroatoms. The Morgan fingerprint density at radius 3 is 2.54 bits per heavy atom. The molecular formula is C22H25NO3. The number of nitrogens with zero attached hydrogens (tertiary/aromatic N) is 1. The lowest BCUT2D eigenvalue weighted by molar-refractivity contribution is 0.0755. The van der Waals surface area contributed by atoms with Gasteiger partial charge < -0.3 is 14.4 Å². The number of terminal acetylenes is 1. The number of benzene rings is 2. The quantitative estimate of drug-likeness (QED) is 0.511. The van der Waals surface area contributed by atoms with E-state index in [1.165, 1.54) is 5.56 Å². The van der Waals surface area contributed by atoms with E-state index in [9.17, 15) is 4.79 Å². The van der Waals surface area contributed by atoms with E-state index in [4.69, 9.17) is 15.9 Å². The molecule has 136 valence electrons. The predicted octanol–water partition coefficient (Wildman–Crippen LogP) is 3.69. The van der Waals surface area contributed by atoms with Gasteiger partial charge in [-0.25, -0.2) is 0 Å². The molecule has 0 unspecified atom stereocenters. The van der Waals surface area contributed by atoms with Crippen molar-refractivity contribution < 1.29 is 14.3 Å². The number of aryl methyl sites for hydroxylation is 1. The average molecular weight is 351 g/mol. The van der Waals surface area contributed by atoms with Crippen LogP contribution in [-0.4, -0.2) is 37.2 Å². The zero-order valence-electron chi connectivity index (χ0n) is 15.4. The predicted molar refractivity (Wildman–Crippen MR) is 103 cm³/mol. The summed E-state index contributed by atoms with van der Waals surface area (Å²) in [6, 6.07) is 15.3. The van der Waals surface area contributed by atoms with E-state index in [0.717, 1.165) is 5.56 Å². The molecule has 0 radical (unpaired) electrons. The third kappa shape index (κ3) is 5.65. The summed E-state index contributed by atoms with van der Waals surface area (Å²) in [6.45, 7) is 6.17. The highest BCUT2D eigenvalue weighted by molar-refractivity contribution is 5.97. The van der Waals surface area contributed by atoms with Crippen LogP contribution in [0.1, 0.15) is 28.4 Å². The molecule has 26 heavy (non-hydrogen) atoms. The van der Waals surface area contributed by atoms with Crippen molar-refractivity contribution in [3.05, 3.63) is 65.2 Å². The van der Waals surface area contributed by atoms with Gasteiger partial charge in [0.1, 0.15) is 12.4 Å². The van der Waals surface area contributed by atoms with Gasteiger partial charge in [0.15, 0.2) is 0 Å². The maximum Gasteiger partial charge on any atom is 0.258 e. The normalized spacial score (nSPS) is 10.2. The smallest absolute Gasteiger partial charge is 0.258 e. The van der Waals surface area contributed by atoms with E-state index in [1.54, 1.807) is 17.0 Å². The van der Waals surface area contributed by atoms with Crippen molar-refractivity contribution in [2.75, 3.05) is 26.4 Å². The number of amides is 1. The highest BCUT2D eigenvalue weighted by Gasteiger charge is 2.19. The molecule has 0 aliphatic heterocycles. The Balaban J connectivity index is 2.15. The number of carbonyl (C=O) groups is 1. The van der Waals surface area contributed by atoms with E-state index >= 15 is 0 Å². The van der Waals surface area contributed by atoms with Crippen molar-refractivity contribution in [1.82, 2.24) is 4.90 Å². The fourth-order valence-electron chi connectivity index (χ4n) is 2.52. The van der Waals surface area contributed by atoms with Crippen LogP contribution in [0, 0.1) is 19.3 Å². The summed E-state index contributed by atoms with van der Waals surface area (Å²) < 4.78 is 11.0. The fraction of sp³-hybridized carbons (Fsp3) is 0.318. The molecule has 0 aliphatic carbocycles. The van der Waals surface area contributed by atoms with Crippen molar-refractivity contribution in [2.45, 2.75) is 20.4 Å². The van der Waals surface area contributed by atoms with Gasteiger partial charge in [-0.05, 0) is 31.5 Å². The summed E-state index contributed by atoms with van der Waals surface area (Å²) in [5.74, 6) is 2.98. The first-order valence-electron chi connectivity index (χ1n) is 8.73. The summed E-state index contributed by atoms with van der Waals surface area (Å²) in [6.07, 6.45) is 5.48. The van der Waals surface area contributed by atoms with E-state index in [-0.39, 0.29) is 12.5 Å². The Kier molecular flexibility index (Phi) is 7.73. The Bertz CT molecular complexity index is 747. The molecule has 2 aromatic carbocycles. The molecule has 0 saturated carbocycles. The largest absolute Gasteiger partial charge is 0.490 e. The second-order valence-electron chi connectivity index (χ2n) is 5.89. The SMILES string of the molecule is C#CCN(Cc1ccc(C)cc1)C(=O)c1ccccc1OCCOCC. The lowest BCUT2D eigenvalue weighted by Crippen LogP contribution is -2.31. The molecule has 1 amide bonds. The van der Waals surface area contributed by atoms with Crippen molar-refractivity contribution in [2.24, 2.45) is 0 Å². The molecule has 0 bridgehead atoms. The first-order valence-corrected chi connectivity index (χ1v) is 8.73. The zero-order chi connectivity index (χ0) is 18.8. The summed E-state index contributed by atoms with van der Waals surface area (Å²) >= 11 is 0. The van der Waals surface area contributed by atoms with Crippen LogP contribution < -0.4 is 4.74 Å². The van der Waals surface area contributed by atoms with Gasteiger partial charge in [0.05, 0.1) is 18.7 Å². The van der Waals surface area contributed by atoms with Gasteiger partial charge in [0, 0.05) is 13.2 Å². The summed E-state index contributed by atoms with van der Waals surface area (Å²) in [7, 11) is 0. The van der Waals surface area contributed by atoms with E-state index < -0.39 is 0 Å². The van der Waals surface area contributed by atoms with Crippen LogP contribution in [0.3, 0.4) is 0 Å². The number of rotatable bonds is 9. The van der Waals surface area contributed by atoms with E-state index in [2.05, 4.69) is 5.92 Å². The van der Waals surface area contributed by atoms with Gasteiger partial charge in [-0.3, -0.25) is 4.79 Å². The lowest BCUT2D eigenvalue weighted by Gasteiger charge is -2.22. The number of ether oxygens (including phenoxy) is 2. The molecule has 0 atom stereocenters. The summed E-state index contributed by atoms with van der Waals surface area (Å²) in [5.41, 5.74) is 2.72. The minimum absolute atomic E-state index is 0.143. The van der Waals surface area contributed by atoms with Gasteiger partial charge in [-0.1, -0.05) is 47.9 Å². The molecule has 2 rings (SSSR count). The lowest BCUT2D eigenvalue weighted by atomic mass is 10.1. The number of para-hydroxylation sites is 1. The number of hydrogen-bond acceptors (Lipinski definition) is 3. The Morgan fingerprint density at radius 1 is 1.12 bits per heavy atom. The molecule has 0 spiro atoms. The topological polar surface area (TPSA) is 38.8 Å². The van der Waals surface area contributed by atoms with Gasteiger partial charge in [-0.2, -0.15) is 0 Å². The van der Waals surface area contributed by atoms with Crippen LogP contribution in [0.15, 0.2) is 48.5 Å².